The van der Waals surface area contributed by atoms with E-state index in [4.69, 9.17) is 50.5 Å². The van der Waals surface area contributed by atoms with Crippen LogP contribution in [0.25, 0.3) is 11.1 Å². The van der Waals surface area contributed by atoms with Crippen LogP contribution in [0, 0.1) is 18.8 Å². The van der Waals surface area contributed by atoms with Gasteiger partial charge in [0.15, 0.2) is 5.72 Å². The van der Waals surface area contributed by atoms with Crippen LogP contribution in [0.15, 0.2) is 84.5 Å². The molecule has 0 saturated carbocycles. The summed E-state index contributed by atoms with van der Waals surface area (Å²) < 4.78 is 40.7. The Hall–Kier alpha value is -6.68. The first-order valence-electron chi connectivity index (χ1n) is 26.9. The van der Waals surface area contributed by atoms with Gasteiger partial charge in [-0.1, -0.05) is 96.9 Å². The monoisotopic (exact) mass is 1130 g/mol. The number of aryl methyl sites for hydroxylation is 1. The number of carbonyl (C=O) groups excluding carboxylic acids is 7. The van der Waals surface area contributed by atoms with E-state index in [1.807, 2.05) is 80.6 Å². The van der Waals surface area contributed by atoms with Crippen molar-refractivity contribution < 1.29 is 71.8 Å². The quantitative estimate of drug-likeness (QED) is 0.0465. The highest BCUT2D eigenvalue weighted by Crippen LogP contribution is 2.49. The van der Waals surface area contributed by atoms with Crippen LogP contribution in [0.3, 0.4) is 0 Å². The van der Waals surface area contributed by atoms with E-state index in [0.717, 1.165) is 39.0 Å². The molecule has 0 aromatic heterocycles. The zero-order chi connectivity index (χ0) is 58.1. The lowest BCUT2D eigenvalue weighted by atomic mass is 9.83. The van der Waals surface area contributed by atoms with E-state index >= 15 is 0 Å². The summed E-state index contributed by atoms with van der Waals surface area (Å²) in [6, 6.07) is 18.5. The number of aliphatic hydroxyl groups is 1. The molecular formula is C59H74ClN5O15. The van der Waals surface area contributed by atoms with E-state index in [-0.39, 0.29) is 77.6 Å². The molecule has 3 aromatic carbocycles. The minimum atomic E-state index is -1.87. The molecule has 2 fully saturated rings. The molecule has 3 aromatic rings. The summed E-state index contributed by atoms with van der Waals surface area (Å²) in [7, 11) is 4.46. The highest BCUT2D eigenvalue weighted by atomic mass is 35.5. The average Bonchev–Trinajstić information content (AvgIpc) is 4.26. The second kappa shape index (κ2) is 26.7. The van der Waals surface area contributed by atoms with Crippen molar-refractivity contribution in [2.75, 3.05) is 65.7 Å². The number of carbonyl (C=O) groups is 7. The average molecular weight is 1130 g/mol. The van der Waals surface area contributed by atoms with E-state index in [9.17, 15) is 38.7 Å². The Bertz CT molecular complexity index is 2820. The Morgan fingerprint density at radius 2 is 1.65 bits per heavy atom. The molecule has 5 N–H and O–H groups in total. The van der Waals surface area contributed by atoms with Crippen molar-refractivity contribution in [2.45, 2.75) is 121 Å². The third kappa shape index (κ3) is 14.6. The van der Waals surface area contributed by atoms with Gasteiger partial charge >= 0.3 is 18.0 Å². The maximum atomic E-state index is 14.3. The Labute approximate surface area is 471 Å². The molecule has 3 aliphatic heterocycles. The summed E-state index contributed by atoms with van der Waals surface area (Å²) in [5, 5.41) is 17.4. The number of amides is 5. The normalized spacial score (nSPS) is 25.4. The van der Waals surface area contributed by atoms with Gasteiger partial charge in [-0.25, -0.2) is 9.59 Å². The van der Waals surface area contributed by atoms with Gasteiger partial charge in [-0.15, -0.1) is 0 Å². The van der Waals surface area contributed by atoms with Crippen LogP contribution in [-0.2, 0) is 68.3 Å². The number of halogens is 1. The second-order valence-corrected chi connectivity index (χ2v) is 21.6. The highest BCUT2D eigenvalue weighted by molar-refractivity contribution is 6.34. The Kier molecular flexibility index (Phi) is 20.4. The number of likely N-dealkylation sites (N-methyl/N-ethyl adjacent to an activating group) is 1. The number of anilines is 1. The molecule has 7 rings (SSSR count). The van der Waals surface area contributed by atoms with Crippen LogP contribution in [0.4, 0.5) is 10.5 Å². The SMILES string of the molecule is CO[C@@H]1/C=C/C=C(\C)Cc2cc(C)c(Cl)c(c2)N(C)C(=O)C[C@H](OC(=O)[C@H](C)N(C)C(=O)CCOCCOCCNC(=O)[C@H](CC(N)=O)CC(=O)OCC2c3ccccc3-c3ccccc32)[C@]2(C)OC2[C@H](C)[C@@H]2C[C@]1(O)NC(=O)O2. The number of alkyl carbamates (subject to hydrolysis) is 1. The molecular weight excluding hydrogens is 1050 g/mol. The van der Waals surface area contributed by atoms with Gasteiger partial charge in [0.2, 0.25) is 23.6 Å². The largest absolute Gasteiger partial charge is 0.465 e. The lowest BCUT2D eigenvalue weighted by molar-refractivity contribution is -0.162. The van der Waals surface area contributed by atoms with Gasteiger partial charge < -0.3 is 59.1 Å². The molecule has 21 heteroatoms. The van der Waals surface area contributed by atoms with E-state index in [0.29, 0.717) is 17.1 Å². The van der Waals surface area contributed by atoms with Crippen molar-refractivity contribution in [3.8, 4) is 11.1 Å². The number of hydrogen-bond donors (Lipinski definition) is 4. The predicted molar refractivity (Wildman–Crippen MR) is 295 cm³/mol. The number of nitrogens with one attached hydrogen (secondary N) is 2. The Morgan fingerprint density at radius 3 is 2.31 bits per heavy atom. The number of benzene rings is 3. The highest BCUT2D eigenvalue weighted by Gasteiger charge is 2.64. The molecule has 4 bridgehead atoms. The fourth-order valence-corrected chi connectivity index (χ4v) is 10.9. The van der Waals surface area contributed by atoms with Crippen molar-refractivity contribution in [1.29, 1.82) is 0 Å². The standard InChI is InChI=1S/C59H74ClN5O15/c1-34-14-13-19-47(74-8)59(73)32-46(78-57(72)63-59)36(3)54-58(5,80-54)48(31-51(68)65(7)45-28-38(26-34)27-35(2)53(45)60)79-56(71)37(4)64(6)50(67)20-22-75-24-25-76-23-21-62-55(70)39(29-49(61)66)30-52(69)77-33-44-42-17-11-9-15-40(42)41-16-10-12-18-43(41)44/h9-19,27-28,36-37,39,44,46-48,54,73H,20-26,29-33H2,1-8H3,(H2,61,66)(H,62,70)(H,63,72)/b19-13+,34-14+/t36-,37+,39-,46+,47-,48+,54?,58+,59-/m1/s1. The van der Waals surface area contributed by atoms with Crippen LogP contribution >= 0.6 is 11.6 Å². The molecule has 0 radical (unpaired) electrons. The number of fused-ring (bicyclic) bond motifs is 8. The van der Waals surface area contributed by atoms with Gasteiger partial charge in [0, 0.05) is 52.4 Å². The molecule has 1 unspecified atom stereocenters. The van der Waals surface area contributed by atoms with Crippen molar-refractivity contribution in [2.24, 2.45) is 17.6 Å². The van der Waals surface area contributed by atoms with Crippen LogP contribution in [0.2, 0.25) is 5.02 Å². The number of ether oxygens (including phenoxy) is 7. The minimum Gasteiger partial charge on any atom is -0.465 e. The topological polar surface area (TPSA) is 264 Å². The molecule has 20 nitrogen and oxygen atoms in total. The van der Waals surface area contributed by atoms with Crippen molar-refractivity contribution in [3.05, 3.63) is 112 Å². The first-order chi connectivity index (χ1) is 38.0. The number of allylic oxidation sites excluding steroid dienone is 3. The zero-order valence-electron chi connectivity index (χ0n) is 46.6. The van der Waals surface area contributed by atoms with E-state index in [1.54, 1.807) is 33.0 Å². The smallest absolute Gasteiger partial charge is 0.409 e. The number of epoxide rings is 1. The first kappa shape index (κ1) is 61.0. The minimum absolute atomic E-state index is 0.0124. The van der Waals surface area contributed by atoms with E-state index in [1.165, 1.54) is 30.9 Å². The van der Waals surface area contributed by atoms with E-state index < -0.39 is 95.3 Å². The third-order valence-electron chi connectivity index (χ3n) is 15.5. The van der Waals surface area contributed by atoms with Crippen molar-refractivity contribution in [3.63, 3.8) is 0 Å². The van der Waals surface area contributed by atoms with Gasteiger partial charge in [0.25, 0.3) is 0 Å². The molecule has 2 saturated heterocycles. The molecule has 4 aliphatic rings. The fourth-order valence-electron chi connectivity index (χ4n) is 10.7. The second-order valence-electron chi connectivity index (χ2n) is 21.3. The Balaban J connectivity index is 0.885. The first-order valence-corrected chi connectivity index (χ1v) is 27.3. The lowest BCUT2D eigenvalue weighted by Crippen LogP contribution is -2.63. The van der Waals surface area contributed by atoms with Crippen molar-refractivity contribution >= 4 is 58.9 Å². The molecule has 80 heavy (non-hydrogen) atoms. The molecule has 432 valence electrons. The maximum absolute atomic E-state index is 14.3. The predicted octanol–water partition coefficient (Wildman–Crippen LogP) is 5.59. The Morgan fingerprint density at radius 1 is 0.988 bits per heavy atom. The molecule has 3 heterocycles. The number of methoxy groups -OCH3 is 1. The summed E-state index contributed by atoms with van der Waals surface area (Å²) in [6.45, 7) is 9.17. The van der Waals surface area contributed by atoms with Crippen LogP contribution in [0.1, 0.15) is 88.0 Å². The third-order valence-corrected chi connectivity index (χ3v) is 16.0. The van der Waals surface area contributed by atoms with Crippen LogP contribution in [-0.4, -0.2) is 154 Å². The number of rotatable bonds is 20. The summed E-state index contributed by atoms with van der Waals surface area (Å²) in [6.07, 6.45) is -0.116. The summed E-state index contributed by atoms with van der Waals surface area (Å²) in [4.78, 5) is 95.3. The van der Waals surface area contributed by atoms with Gasteiger partial charge in [-0.05, 0) is 73.6 Å². The lowest BCUT2D eigenvalue weighted by Gasteiger charge is -2.42. The van der Waals surface area contributed by atoms with Gasteiger partial charge in [0.1, 0.15) is 36.6 Å². The summed E-state index contributed by atoms with van der Waals surface area (Å²) >= 11 is 6.83. The molecule has 5 amide bonds. The number of primary amides is 1. The van der Waals surface area contributed by atoms with Crippen LogP contribution < -0.4 is 21.3 Å². The number of nitrogens with zero attached hydrogens (tertiary/aromatic N) is 2. The van der Waals surface area contributed by atoms with Gasteiger partial charge in [-0.3, -0.25) is 29.3 Å². The van der Waals surface area contributed by atoms with Crippen molar-refractivity contribution in [1.82, 2.24) is 15.5 Å². The molecule has 9 atom stereocenters. The summed E-state index contributed by atoms with van der Waals surface area (Å²) in [5.74, 6) is -5.39. The maximum Gasteiger partial charge on any atom is 0.409 e. The fraction of sp³-hybridized carbons (Fsp3) is 0.508. The van der Waals surface area contributed by atoms with Gasteiger partial charge in [0.05, 0.1) is 68.4 Å². The molecule has 1 aliphatic carbocycles. The summed E-state index contributed by atoms with van der Waals surface area (Å²) in [5.41, 5.74) is 9.54. The van der Waals surface area contributed by atoms with Crippen LogP contribution in [0.5, 0.6) is 0 Å². The number of nitrogens with two attached hydrogens (primary N) is 1. The number of esters is 2. The zero-order valence-corrected chi connectivity index (χ0v) is 47.4. The van der Waals surface area contributed by atoms with E-state index in [2.05, 4.69) is 10.6 Å². The van der Waals surface area contributed by atoms with Gasteiger partial charge in [-0.2, -0.15) is 0 Å². The molecule has 0 spiro atoms. The number of hydrogen-bond acceptors (Lipinski definition) is 15.